The van der Waals surface area contributed by atoms with E-state index in [0.29, 0.717) is 5.92 Å². The zero-order valence-electron chi connectivity index (χ0n) is 11.5. The van der Waals surface area contributed by atoms with Crippen molar-refractivity contribution in [1.29, 1.82) is 0 Å². The fourth-order valence-corrected chi connectivity index (χ4v) is 3.06. The smallest absolute Gasteiger partial charge is 0.0796 e. The van der Waals surface area contributed by atoms with Crippen LogP contribution in [0.1, 0.15) is 24.9 Å². The summed E-state index contributed by atoms with van der Waals surface area (Å²) < 4.78 is 5.94. The minimum Gasteiger partial charge on any atom is -0.376 e. The van der Waals surface area contributed by atoms with Gasteiger partial charge in [-0.25, -0.2) is 0 Å². The van der Waals surface area contributed by atoms with Crippen LogP contribution in [0, 0.1) is 5.92 Å². The molecule has 2 heterocycles. The van der Waals surface area contributed by atoms with Crippen molar-refractivity contribution in [1.82, 2.24) is 10.3 Å². The van der Waals surface area contributed by atoms with Crippen LogP contribution in [0.25, 0.3) is 10.8 Å². The number of pyridine rings is 1. The molecule has 3 rings (SSSR count). The number of ether oxygens (including phenoxy) is 1. The summed E-state index contributed by atoms with van der Waals surface area (Å²) in [4.78, 5) is 4.20. The fraction of sp³-hybridized carbons (Fsp3) is 0.438. The van der Waals surface area contributed by atoms with Gasteiger partial charge in [-0.1, -0.05) is 25.1 Å². The standard InChI is InChI=1S/C16H20N2O/c1-11-7-9-19-16(11)15(17-2)14-5-3-4-12-10-18-8-6-13(12)14/h3-6,8,10-11,15-17H,7,9H2,1-2H3. The Morgan fingerprint density at radius 2 is 2.26 bits per heavy atom. The van der Waals surface area contributed by atoms with Crippen molar-refractivity contribution in [2.45, 2.75) is 25.5 Å². The van der Waals surface area contributed by atoms with E-state index in [1.165, 1.54) is 16.3 Å². The van der Waals surface area contributed by atoms with E-state index in [1.54, 1.807) is 0 Å². The molecule has 1 fully saturated rings. The van der Waals surface area contributed by atoms with Crippen molar-refractivity contribution in [3.8, 4) is 0 Å². The number of nitrogens with zero attached hydrogens (tertiary/aromatic N) is 1. The third-order valence-electron chi connectivity index (χ3n) is 4.13. The normalized spacial score (nSPS) is 24.7. The SMILES string of the molecule is CNC(c1cccc2cnccc12)C1OCCC1C. The quantitative estimate of drug-likeness (QED) is 0.917. The molecule has 3 atom stereocenters. The second-order valence-electron chi connectivity index (χ2n) is 5.31. The van der Waals surface area contributed by atoms with Gasteiger partial charge >= 0.3 is 0 Å². The first-order valence-corrected chi connectivity index (χ1v) is 6.93. The maximum atomic E-state index is 5.94. The van der Waals surface area contributed by atoms with Gasteiger partial charge in [0.2, 0.25) is 0 Å². The molecule has 0 spiro atoms. The average Bonchev–Trinajstić information content (AvgIpc) is 2.86. The van der Waals surface area contributed by atoms with E-state index >= 15 is 0 Å². The van der Waals surface area contributed by atoms with Gasteiger partial charge in [0.05, 0.1) is 12.1 Å². The molecule has 3 nitrogen and oxygen atoms in total. The van der Waals surface area contributed by atoms with E-state index in [0.717, 1.165) is 13.0 Å². The molecule has 1 aromatic heterocycles. The Morgan fingerprint density at radius 3 is 3.00 bits per heavy atom. The number of hydrogen-bond acceptors (Lipinski definition) is 3. The molecular formula is C16H20N2O. The monoisotopic (exact) mass is 256 g/mol. The molecule has 1 N–H and O–H groups in total. The van der Waals surface area contributed by atoms with Crippen LogP contribution >= 0.6 is 0 Å². The fourth-order valence-electron chi connectivity index (χ4n) is 3.06. The van der Waals surface area contributed by atoms with Gasteiger partial charge in [-0.2, -0.15) is 0 Å². The molecular weight excluding hydrogens is 236 g/mol. The molecule has 1 aromatic carbocycles. The molecule has 0 amide bonds. The van der Waals surface area contributed by atoms with Crippen molar-refractivity contribution >= 4 is 10.8 Å². The highest BCUT2D eigenvalue weighted by Crippen LogP contribution is 2.34. The van der Waals surface area contributed by atoms with Crippen LogP contribution in [-0.2, 0) is 4.74 Å². The number of fused-ring (bicyclic) bond motifs is 1. The predicted molar refractivity (Wildman–Crippen MR) is 77.1 cm³/mol. The topological polar surface area (TPSA) is 34.2 Å². The summed E-state index contributed by atoms with van der Waals surface area (Å²) in [5, 5.41) is 5.89. The Kier molecular flexibility index (Phi) is 3.49. The largest absolute Gasteiger partial charge is 0.376 e. The molecule has 3 unspecified atom stereocenters. The van der Waals surface area contributed by atoms with Gasteiger partial charge in [0.25, 0.3) is 0 Å². The summed E-state index contributed by atoms with van der Waals surface area (Å²) in [6.45, 7) is 3.14. The molecule has 1 aliphatic heterocycles. The first-order chi connectivity index (χ1) is 9.31. The summed E-state index contributed by atoms with van der Waals surface area (Å²) in [6.07, 6.45) is 5.18. The lowest BCUT2D eigenvalue weighted by Gasteiger charge is -2.27. The molecule has 0 saturated carbocycles. The number of aromatic nitrogens is 1. The van der Waals surface area contributed by atoms with Gasteiger partial charge in [0.1, 0.15) is 0 Å². The Bertz CT molecular complexity index is 564. The molecule has 1 saturated heterocycles. The highest BCUT2D eigenvalue weighted by atomic mass is 16.5. The van der Waals surface area contributed by atoms with Crippen molar-refractivity contribution in [2.24, 2.45) is 5.92 Å². The van der Waals surface area contributed by atoms with Gasteiger partial charge < -0.3 is 10.1 Å². The zero-order chi connectivity index (χ0) is 13.2. The molecule has 19 heavy (non-hydrogen) atoms. The van der Waals surface area contributed by atoms with E-state index in [4.69, 9.17) is 4.74 Å². The van der Waals surface area contributed by atoms with Crippen LogP contribution in [0.5, 0.6) is 0 Å². The predicted octanol–water partition coefficient (Wildman–Crippen LogP) is 2.92. The third kappa shape index (κ3) is 2.24. The van der Waals surface area contributed by atoms with Gasteiger partial charge in [0, 0.05) is 24.4 Å². The average molecular weight is 256 g/mol. The van der Waals surface area contributed by atoms with Crippen LogP contribution in [0.2, 0.25) is 0 Å². The summed E-state index contributed by atoms with van der Waals surface area (Å²) in [5.41, 5.74) is 1.31. The first-order valence-electron chi connectivity index (χ1n) is 6.93. The van der Waals surface area contributed by atoms with E-state index < -0.39 is 0 Å². The molecule has 100 valence electrons. The minimum absolute atomic E-state index is 0.239. The van der Waals surface area contributed by atoms with Gasteiger partial charge in [0.15, 0.2) is 0 Å². The lowest BCUT2D eigenvalue weighted by atomic mass is 9.90. The maximum absolute atomic E-state index is 5.94. The van der Waals surface area contributed by atoms with E-state index in [2.05, 4.69) is 41.5 Å². The van der Waals surface area contributed by atoms with Crippen LogP contribution in [0.15, 0.2) is 36.7 Å². The van der Waals surface area contributed by atoms with Crippen molar-refractivity contribution < 1.29 is 4.74 Å². The van der Waals surface area contributed by atoms with Crippen LogP contribution < -0.4 is 5.32 Å². The molecule has 3 heteroatoms. The number of likely N-dealkylation sites (N-methyl/N-ethyl adjacent to an activating group) is 1. The van der Waals surface area contributed by atoms with Gasteiger partial charge in [-0.05, 0) is 36.4 Å². The first kappa shape index (κ1) is 12.6. The summed E-state index contributed by atoms with van der Waals surface area (Å²) in [5.74, 6) is 0.592. The van der Waals surface area contributed by atoms with E-state index in [9.17, 15) is 0 Å². The highest BCUT2D eigenvalue weighted by molar-refractivity contribution is 5.85. The highest BCUT2D eigenvalue weighted by Gasteiger charge is 2.32. The number of nitrogens with one attached hydrogen (secondary N) is 1. The maximum Gasteiger partial charge on any atom is 0.0796 e. The molecule has 2 aromatic rings. The van der Waals surface area contributed by atoms with Crippen LogP contribution in [-0.4, -0.2) is 24.7 Å². The van der Waals surface area contributed by atoms with Gasteiger partial charge in [-0.15, -0.1) is 0 Å². The van der Waals surface area contributed by atoms with Crippen LogP contribution in [0.3, 0.4) is 0 Å². The summed E-state index contributed by atoms with van der Waals surface area (Å²) >= 11 is 0. The summed E-state index contributed by atoms with van der Waals surface area (Å²) in [7, 11) is 2.01. The zero-order valence-corrected chi connectivity index (χ0v) is 11.5. The minimum atomic E-state index is 0.239. The molecule has 0 radical (unpaired) electrons. The Balaban J connectivity index is 2.06. The van der Waals surface area contributed by atoms with Crippen molar-refractivity contribution in [3.63, 3.8) is 0 Å². The van der Waals surface area contributed by atoms with Crippen molar-refractivity contribution in [3.05, 3.63) is 42.2 Å². The second kappa shape index (κ2) is 5.27. The second-order valence-corrected chi connectivity index (χ2v) is 5.31. The van der Waals surface area contributed by atoms with Gasteiger partial charge in [-0.3, -0.25) is 4.98 Å². The molecule has 0 aliphatic carbocycles. The Labute approximate surface area is 114 Å². The lowest BCUT2D eigenvalue weighted by Crippen LogP contribution is -2.32. The van der Waals surface area contributed by atoms with E-state index in [1.807, 2.05) is 19.4 Å². The van der Waals surface area contributed by atoms with E-state index in [-0.39, 0.29) is 12.1 Å². The lowest BCUT2D eigenvalue weighted by molar-refractivity contribution is 0.0635. The molecule has 0 bridgehead atoms. The Morgan fingerprint density at radius 1 is 1.37 bits per heavy atom. The number of benzene rings is 1. The summed E-state index contributed by atoms with van der Waals surface area (Å²) in [6, 6.07) is 8.73. The van der Waals surface area contributed by atoms with Crippen LogP contribution in [0.4, 0.5) is 0 Å². The number of hydrogen-bond donors (Lipinski definition) is 1. The van der Waals surface area contributed by atoms with Crippen molar-refractivity contribution in [2.75, 3.05) is 13.7 Å². The number of rotatable bonds is 3. The molecule has 1 aliphatic rings. The third-order valence-corrected chi connectivity index (χ3v) is 4.13. The Hall–Kier alpha value is -1.45.